The molecule has 0 unspecified atom stereocenters. The Hall–Kier alpha value is -2.47. The highest BCUT2D eigenvalue weighted by Gasteiger charge is 2.16. The normalized spacial score (nSPS) is 11.6. The maximum atomic E-state index is 10.9. The Morgan fingerprint density at radius 1 is 1.25 bits per heavy atom. The number of nitro groups is 1. The van der Waals surface area contributed by atoms with Crippen LogP contribution < -0.4 is 5.32 Å². The van der Waals surface area contributed by atoms with E-state index in [1.54, 1.807) is 12.1 Å². The van der Waals surface area contributed by atoms with Gasteiger partial charge in [0.15, 0.2) is 5.11 Å². The second kappa shape index (κ2) is 8.40. The molecule has 0 bridgehead atoms. The van der Waals surface area contributed by atoms with Gasteiger partial charge in [0.25, 0.3) is 5.69 Å². The number of hydrogen-bond acceptors (Lipinski definition) is 3. The molecule has 1 atom stereocenters. The van der Waals surface area contributed by atoms with Crippen LogP contribution in [0.15, 0.2) is 54.6 Å². The molecular weight excluding hydrogens is 322 g/mol. The zero-order valence-corrected chi connectivity index (χ0v) is 14.6. The number of hydrogen-bond donors (Lipinski definition) is 1. The van der Waals surface area contributed by atoms with Crippen LogP contribution in [0.3, 0.4) is 0 Å². The molecule has 0 fully saturated rings. The minimum Gasteiger partial charge on any atom is -0.362 e. The molecule has 0 aliphatic heterocycles. The molecule has 0 aromatic heterocycles. The second-order valence-electron chi connectivity index (χ2n) is 5.61. The number of thiocarbonyl (C=S) groups is 1. The Balaban J connectivity index is 1.92. The van der Waals surface area contributed by atoms with Crippen molar-refractivity contribution in [1.82, 2.24) is 10.2 Å². The van der Waals surface area contributed by atoms with Gasteiger partial charge >= 0.3 is 0 Å². The smallest absolute Gasteiger partial charge is 0.269 e. The van der Waals surface area contributed by atoms with E-state index >= 15 is 0 Å². The lowest BCUT2D eigenvalue weighted by molar-refractivity contribution is -0.384. The van der Waals surface area contributed by atoms with Crippen LogP contribution in [0.1, 0.15) is 24.1 Å². The van der Waals surface area contributed by atoms with E-state index in [0.29, 0.717) is 5.11 Å². The minimum absolute atomic E-state index is 0.0541. The van der Waals surface area contributed by atoms with Gasteiger partial charge in [0.05, 0.1) is 11.0 Å². The van der Waals surface area contributed by atoms with Crippen LogP contribution >= 0.6 is 12.2 Å². The molecule has 0 spiro atoms. The number of nitrogens with zero attached hydrogens (tertiary/aromatic N) is 2. The van der Waals surface area contributed by atoms with E-state index in [4.69, 9.17) is 12.2 Å². The zero-order valence-electron chi connectivity index (χ0n) is 13.8. The van der Waals surface area contributed by atoms with Gasteiger partial charge in [-0.15, -0.1) is 0 Å². The molecule has 24 heavy (non-hydrogen) atoms. The summed E-state index contributed by atoms with van der Waals surface area (Å²) in [4.78, 5) is 12.4. The van der Waals surface area contributed by atoms with Crippen molar-refractivity contribution in [3.63, 3.8) is 0 Å². The van der Waals surface area contributed by atoms with Gasteiger partial charge in [0, 0.05) is 25.7 Å². The lowest BCUT2D eigenvalue weighted by atomic mass is 10.1. The Kier molecular flexibility index (Phi) is 6.26. The van der Waals surface area contributed by atoms with Crippen molar-refractivity contribution >= 4 is 23.0 Å². The molecular formula is C18H21N3O2S. The van der Waals surface area contributed by atoms with Crippen molar-refractivity contribution < 1.29 is 4.92 Å². The van der Waals surface area contributed by atoms with Gasteiger partial charge in [-0.3, -0.25) is 10.1 Å². The average Bonchev–Trinajstić information content (AvgIpc) is 2.61. The van der Waals surface area contributed by atoms with Gasteiger partial charge < -0.3 is 10.2 Å². The van der Waals surface area contributed by atoms with Gasteiger partial charge in [0.2, 0.25) is 0 Å². The van der Waals surface area contributed by atoms with Crippen molar-refractivity contribution in [2.75, 3.05) is 13.6 Å². The molecule has 2 rings (SSSR count). The van der Waals surface area contributed by atoms with Crippen LogP contribution in [0.2, 0.25) is 0 Å². The monoisotopic (exact) mass is 343 g/mol. The molecule has 0 radical (unpaired) electrons. The molecule has 0 heterocycles. The second-order valence-corrected chi connectivity index (χ2v) is 5.99. The van der Waals surface area contributed by atoms with E-state index in [2.05, 4.69) is 17.4 Å². The molecule has 0 aliphatic carbocycles. The lowest BCUT2D eigenvalue weighted by Crippen LogP contribution is -2.39. The molecule has 0 saturated carbocycles. The Morgan fingerprint density at radius 2 is 1.96 bits per heavy atom. The van der Waals surface area contributed by atoms with E-state index in [-0.39, 0.29) is 16.7 Å². The number of rotatable bonds is 6. The van der Waals surface area contributed by atoms with Crippen LogP contribution in [0.5, 0.6) is 0 Å². The molecule has 6 heteroatoms. The van der Waals surface area contributed by atoms with Gasteiger partial charge in [-0.1, -0.05) is 42.5 Å². The van der Waals surface area contributed by atoms with E-state index in [1.807, 2.05) is 43.1 Å². The van der Waals surface area contributed by atoms with Crippen LogP contribution in [-0.4, -0.2) is 28.5 Å². The van der Waals surface area contributed by atoms with E-state index < -0.39 is 0 Å². The molecule has 0 saturated heterocycles. The molecule has 126 valence electrons. The summed E-state index contributed by atoms with van der Waals surface area (Å²) in [6.07, 6.45) is 0.889. The third-order valence-corrected chi connectivity index (χ3v) is 4.43. The topological polar surface area (TPSA) is 58.4 Å². The molecule has 0 aliphatic rings. The highest BCUT2D eigenvalue weighted by Crippen LogP contribution is 2.23. The fourth-order valence-electron chi connectivity index (χ4n) is 2.38. The van der Waals surface area contributed by atoms with Crippen LogP contribution in [0.4, 0.5) is 5.69 Å². The number of non-ortho nitro benzene ring substituents is 1. The van der Waals surface area contributed by atoms with Crippen molar-refractivity contribution in [2.24, 2.45) is 0 Å². The van der Waals surface area contributed by atoms with Crippen molar-refractivity contribution in [1.29, 1.82) is 0 Å². The molecule has 5 nitrogen and oxygen atoms in total. The van der Waals surface area contributed by atoms with Gasteiger partial charge in [0.1, 0.15) is 0 Å². The molecule has 1 N–H and O–H groups in total. The Morgan fingerprint density at radius 3 is 2.62 bits per heavy atom. The quantitative estimate of drug-likeness (QED) is 0.492. The minimum atomic E-state index is -0.382. The first-order valence-corrected chi connectivity index (χ1v) is 8.19. The number of benzene rings is 2. The summed E-state index contributed by atoms with van der Waals surface area (Å²) in [7, 11) is 1.89. The first-order chi connectivity index (χ1) is 11.5. The summed E-state index contributed by atoms with van der Waals surface area (Å²) in [5.41, 5.74) is 2.21. The maximum absolute atomic E-state index is 10.9. The first-order valence-electron chi connectivity index (χ1n) is 7.78. The largest absolute Gasteiger partial charge is 0.362 e. The summed E-state index contributed by atoms with van der Waals surface area (Å²) in [5.74, 6) is 0. The summed E-state index contributed by atoms with van der Waals surface area (Å²) in [6, 6.07) is 16.8. The third-order valence-electron chi connectivity index (χ3n) is 4.00. The summed E-state index contributed by atoms with van der Waals surface area (Å²) < 4.78 is 0. The SMILES string of the molecule is C[C@H](c1cccc([N+](=O)[O-])c1)N(C)C(=S)NCCc1ccccc1. The highest BCUT2D eigenvalue weighted by molar-refractivity contribution is 7.80. The fraction of sp³-hybridized carbons (Fsp3) is 0.278. The highest BCUT2D eigenvalue weighted by atomic mass is 32.1. The predicted molar refractivity (Wildman–Crippen MR) is 100 cm³/mol. The van der Waals surface area contributed by atoms with E-state index in [1.165, 1.54) is 11.6 Å². The third kappa shape index (κ3) is 4.76. The number of nitrogens with one attached hydrogen (secondary N) is 1. The molecule has 2 aromatic rings. The van der Waals surface area contributed by atoms with Crippen molar-refractivity contribution in [2.45, 2.75) is 19.4 Å². The Labute approximate surface area is 147 Å². The number of nitro benzene ring substituents is 1. The van der Waals surface area contributed by atoms with Crippen molar-refractivity contribution in [3.05, 3.63) is 75.8 Å². The van der Waals surface area contributed by atoms with Crippen LogP contribution in [-0.2, 0) is 6.42 Å². The zero-order chi connectivity index (χ0) is 17.5. The maximum Gasteiger partial charge on any atom is 0.269 e. The first kappa shape index (κ1) is 17.9. The molecule has 2 aromatic carbocycles. The lowest BCUT2D eigenvalue weighted by Gasteiger charge is -2.28. The molecule has 0 amide bonds. The van der Waals surface area contributed by atoms with Gasteiger partial charge in [-0.2, -0.15) is 0 Å². The van der Waals surface area contributed by atoms with Crippen molar-refractivity contribution in [3.8, 4) is 0 Å². The van der Waals surface area contributed by atoms with E-state index in [9.17, 15) is 10.1 Å². The van der Waals surface area contributed by atoms with Gasteiger partial charge in [-0.05, 0) is 36.7 Å². The van der Waals surface area contributed by atoms with Gasteiger partial charge in [-0.25, -0.2) is 0 Å². The standard InChI is InChI=1S/C18H21N3O2S/c1-14(16-9-6-10-17(13-16)21(22)23)20(2)18(24)19-12-11-15-7-4-3-5-8-15/h3-10,13-14H,11-12H2,1-2H3,(H,19,24)/t14-/m1/s1. The predicted octanol–water partition coefficient (Wildman–Crippen LogP) is 3.70. The summed E-state index contributed by atoms with van der Waals surface area (Å²) >= 11 is 5.43. The Bertz CT molecular complexity index is 706. The van der Waals surface area contributed by atoms with Crippen LogP contribution in [0.25, 0.3) is 0 Å². The fourth-order valence-corrected chi connectivity index (χ4v) is 2.64. The summed E-state index contributed by atoms with van der Waals surface area (Å²) in [5, 5.41) is 14.8. The average molecular weight is 343 g/mol. The van der Waals surface area contributed by atoms with E-state index in [0.717, 1.165) is 18.5 Å². The van der Waals surface area contributed by atoms with Crippen LogP contribution in [0, 0.1) is 10.1 Å². The summed E-state index contributed by atoms with van der Waals surface area (Å²) in [6.45, 7) is 2.72.